The minimum Gasteiger partial charge on any atom is -0.476 e. The van der Waals surface area contributed by atoms with E-state index in [1.165, 1.54) is 22.6 Å². The second-order valence-corrected chi connectivity index (χ2v) is 3.91. The predicted molar refractivity (Wildman–Crippen MR) is 58.5 cm³/mol. The third-order valence-electron chi connectivity index (χ3n) is 1.69. The molecule has 5 nitrogen and oxygen atoms in total. The smallest absolute Gasteiger partial charge is 0.476 e. The Kier molecular flexibility index (Phi) is 4.14. The molecule has 0 fully saturated rings. The SMILES string of the molecule is NCc1cnc(C(=O)O)c(OC(F)(F)F)c1I. The first-order valence-corrected chi connectivity index (χ1v) is 5.20. The molecule has 0 spiro atoms. The van der Waals surface area contributed by atoms with Crippen LogP contribution in [0.3, 0.4) is 0 Å². The molecule has 94 valence electrons. The van der Waals surface area contributed by atoms with E-state index in [2.05, 4.69) is 9.72 Å². The van der Waals surface area contributed by atoms with Crippen LogP contribution in [0.4, 0.5) is 13.2 Å². The van der Waals surface area contributed by atoms with Crippen molar-refractivity contribution in [1.29, 1.82) is 0 Å². The highest BCUT2D eigenvalue weighted by Crippen LogP contribution is 2.32. The van der Waals surface area contributed by atoms with Crippen molar-refractivity contribution in [2.75, 3.05) is 0 Å². The first-order valence-electron chi connectivity index (χ1n) is 4.12. The Bertz CT molecular complexity index is 450. The third-order valence-corrected chi connectivity index (χ3v) is 2.87. The molecule has 9 heteroatoms. The Hall–Kier alpha value is -1.10. The van der Waals surface area contributed by atoms with Gasteiger partial charge in [-0.15, -0.1) is 13.2 Å². The summed E-state index contributed by atoms with van der Waals surface area (Å²) < 4.78 is 40.0. The lowest BCUT2D eigenvalue weighted by Gasteiger charge is -2.14. The van der Waals surface area contributed by atoms with Crippen LogP contribution in [0.1, 0.15) is 16.1 Å². The topological polar surface area (TPSA) is 85.4 Å². The fourth-order valence-electron chi connectivity index (χ4n) is 1.01. The van der Waals surface area contributed by atoms with Gasteiger partial charge in [0.15, 0.2) is 11.4 Å². The number of aromatic nitrogens is 1. The van der Waals surface area contributed by atoms with Gasteiger partial charge in [0.2, 0.25) is 0 Å². The molecule has 0 aromatic carbocycles. The number of pyridine rings is 1. The number of hydrogen-bond acceptors (Lipinski definition) is 4. The Labute approximate surface area is 107 Å². The second kappa shape index (κ2) is 5.04. The van der Waals surface area contributed by atoms with Crippen LogP contribution in [0, 0.1) is 3.57 Å². The molecule has 3 N–H and O–H groups in total. The summed E-state index contributed by atoms with van der Waals surface area (Å²) in [6, 6.07) is 0. The van der Waals surface area contributed by atoms with Gasteiger partial charge in [0.05, 0.1) is 3.57 Å². The Morgan fingerprint density at radius 1 is 1.59 bits per heavy atom. The Morgan fingerprint density at radius 3 is 2.59 bits per heavy atom. The monoisotopic (exact) mass is 362 g/mol. The number of carbonyl (C=O) groups is 1. The number of carboxylic acids is 1. The second-order valence-electron chi connectivity index (χ2n) is 2.83. The summed E-state index contributed by atoms with van der Waals surface area (Å²) in [7, 11) is 0. The summed E-state index contributed by atoms with van der Waals surface area (Å²) in [5, 5.41) is 8.71. The molecule has 0 radical (unpaired) electrons. The number of rotatable bonds is 3. The molecule has 1 aromatic heterocycles. The molecule has 0 saturated heterocycles. The summed E-state index contributed by atoms with van der Waals surface area (Å²) in [4.78, 5) is 14.1. The highest BCUT2D eigenvalue weighted by molar-refractivity contribution is 14.1. The van der Waals surface area contributed by atoms with Crippen molar-refractivity contribution in [3.8, 4) is 5.75 Å². The molecule has 0 unspecified atom stereocenters. The molecule has 1 heterocycles. The van der Waals surface area contributed by atoms with Crippen LogP contribution in [0.5, 0.6) is 5.75 Å². The van der Waals surface area contributed by atoms with Gasteiger partial charge < -0.3 is 15.6 Å². The fraction of sp³-hybridized carbons (Fsp3) is 0.250. The van der Waals surface area contributed by atoms with E-state index in [-0.39, 0.29) is 15.7 Å². The van der Waals surface area contributed by atoms with Crippen molar-refractivity contribution < 1.29 is 27.8 Å². The van der Waals surface area contributed by atoms with Crippen LogP contribution in [0.25, 0.3) is 0 Å². The van der Waals surface area contributed by atoms with Crippen molar-refractivity contribution in [1.82, 2.24) is 4.98 Å². The summed E-state index contributed by atoms with van der Waals surface area (Å²) in [5.74, 6) is -2.45. The minimum atomic E-state index is -4.99. The van der Waals surface area contributed by atoms with Gasteiger partial charge in [-0.2, -0.15) is 0 Å². The van der Waals surface area contributed by atoms with E-state index in [0.29, 0.717) is 0 Å². The Morgan fingerprint density at radius 2 is 2.18 bits per heavy atom. The molecule has 0 aliphatic heterocycles. The highest BCUT2D eigenvalue weighted by atomic mass is 127. The summed E-state index contributed by atoms with van der Waals surface area (Å²) in [6.45, 7) is -0.0701. The summed E-state index contributed by atoms with van der Waals surface area (Å²) in [5.41, 5.74) is 4.75. The lowest BCUT2D eigenvalue weighted by molar-refractivity contribution is -0.275. The molecule has 1 aromatic rings. The maximum atomic E-state index is 12.1. The van der Waals surface area contributed by atoms with Gasteiger partial charge in [-0.1, -0.05) is 0 Å². The van der Waals surface area contributed by atoms with E-state index in [1.807, 2.05) is 0 Å². The molecule has 0 amide bonds. The Balaban J connectivity index is 3.35. The van der Waals surface area contributed by atoms with E-state index in [4.69, 9.17) is 10.8 Å². The average molecular weight is 362 g/mol. The number of carboxylic acid groups (broad SMARTS) is 1. The molecule has 0 saturated carbocycles. The van der Waals surface area contributed by atoms with E-state index in [0.717, 1.165) is 6.20 Å². The highest BCUT2D eigenvalue weighted by Gasteiger charge is 2.35. The third kappa shape index (κ3) is 3.43. The number of nitrogens with two attached hydrogens (primary N) is 1. The van der Waals surface area contributed by atoms with Gasteiger partial charge >= 0.3 is 12.3 Å². The number of halogens is 4. The maximum Gasteiger partial charge on any atom is 0.573 e. The van der Waals surface area contributed by atoms with Gasteiger partial charge in [0, 0.05) is 18.3 Å². The van der Waals surface area contributed by atoms with E-state index < -0.39 is 23.8 Å². The normalized spacial score (nSPS) is 11.4. The zero-order chi connectivity index (χ0) is 13.2. The van der Waals surface area contributed by atoms with Gasteiger partial charge in [-0.25, -0.2) is 9.78 Å². The van der Waals surface area contributed by atoms with Crippen molar-refractivity contribution in [3.63, 3.8) is 0 Å². The molecule has 0 aliphatic carbocycles. The van der Waals surface area contributed by atoms with Crippen LogP contribution >= 0.6 is 22.6 Å². The maximum absolute atomic E-state index is 12.1. The summed E-state index contributed by atoms with van der Waals surface area (Å²) >= 11 is 1.53. The number of nitrogens with zero attached hydrogens (tertiary/aromatic N) is 1. The zero-order valence-electron chi connectivity index (χ0n) is 8.08. The first-order chi connectivity index (χ1) is 7.76. The molecular weight excluding hydrogens is 356 g/mol. The van der Waals surface area contributed by atoms with E-state index in [1.54, 1.807) is 0 Å². The molecular formula is C8H6F3IN2O3. The van der Waals surface area contributed by atoms with Crippen molar-refractivity contribution in [3.05, 3.63) is 21.0 Å². The minimum absolute atomic E-state index is 0.0187. The lowest BCUT2D eigenvalue weighted by atomic mass is 10.2. The van der Waals surface area contributed by atoms with Gasteiger partial charge in [0.25, 0.3) is 0 Å². The summed E-state index contributed by atoms with van der Waals surface area (Å²) in [6.07, 6.45) is -3.88. The standard InChI is InChI=1S/C8H6F3IN2O3/c9-8(10,11)17-6-4(12)3(1-13)2-14-5(6)7(15)16/h2H,1,13H2,(H,15,16). The van der Waals surface area contributed by atoms with Gasteiger partial charge in [-0.05, 0) is 22.6 Å². The van der Waals surface area contributed by atoms with Crippen molar-refractivity contribution >= 4 is 28.6 Å². The van der Waals surface area contributed by atoms with Gasteiger partial charge in [0.1, 0.15) is 0 Å². The quantitative estimate of drug-likeness (QED) is 0.801. The van der Waals surface area contributed by atoms with Crippen LogP contribution in [-0.4, -0.2) is 22.4 Å². The van der Waals surface area contributed by atoms with Crippen LogP contribution in [0.2, 0.25) is 0 Å². The number of alkyl halides is 3. The van der Waals surface area contributed by atoms with Crippen LogP contribution in [0.15, 0.2) is 6.20 Å². The van der Waals surface area contributed by atoms with E-state index >= 15 is 0 Å². The lowest BCUT2D eigenvalue weighted by Crippen LogP contribution is -2.21. The van der Waals surface area contributed by atoms with Crippen molar-refractivity contribution in [2.45, 2.75) is 12.9 Å². The zero-order valence-corrected chi connectivity index (χ0v) is 10.2. The number of ether oxygens (including phenoxy) is 1. The fourth-order valence-corrected chi connectivity index (χ4v) is 1.74. The molecule has 0 aliphatic rings. The largest absolute Gasteiger partial charge is 0.573 e. The molecule has 1 rings (SSSR count). The molecule has 0 bridgehead atoms. The molecule has 0 atom stereocenters. The average Bonchev–Trinajstić information content (AvgIpc) is 2.18. The van der Waals surface area contributed by atoms with Crippen molar-refractivity contribution in [2.24, 2.45) is 5.73 Å². The predicted octanol–water partition coefficient (Wildman–Crippen LogP) is 1.74. The molecule has 17 heavy (non-hydrogen) atoms. The van der Waals surface area contributed by atoms with Crippen LogP contribution in [-0.2, 0) is 6.54 Å². The van der Waals surface area contributed by atoms with Crippen LogP contribution < -0.4 is 10.5 Å². The van der Waals surface area contributed by atoms with Gasteiger partial charge in [-0.3, -0.25) is 0 Å². The first kappa shape index (κ1) is 14.0. The number of aromatic carboxylic acids is 1. The van der Waals surface area contributed by atoms with E-state index in [9.17, 15) is 18.0 Å². The number of hydrogen-bond donors (Lipinski definition) is 2.